The normalized spacial score (nSPS) is 29.5. The minimum absolute atomic E-state index is 0.190. The smallest absolute Gasteiger partial charge is 0.364 e. The molecule has 3 rings (SSSR count). The highest BCUT2D eigenvalue weighted by Crippen LogP contribution is 2.38. The zero-order valence-electron chi connectivity index (χ0n) is 51.9. The van der Waals surface area contributed by atoms with Crippen molar-refractivity contribution < 1.29 is 104 Å². The number of allylic oxidation sites excluding steroid dienone is 3. The minimum atomic E-state index is -3.08. The quantitative estimate of drug-likeness (QED) is 0.0294. The number of carbonyl (C=O) groups excluding carboxylic acids is 2. The fourth-order valence-electron chi connectivity index (χ4n) is 11.3. The maximum atomic E-state index is 13.4. The van der Waals surface area contributed by atoms with Crippen LogP contribution in [0.2, 0.25) is 0 Å². The molecule has 0 aliphatic carbocycles. The van der Waals surface area contributed by atoms with Gasteiger partial charge in [-0.2, -0.15) is 0 Å². The highest BCUT2D eigenvalue weighted by atomic mass is 16.8. The van der Waals surface area contributed by atoms with Crippen LogP contribution in [0.1, 0.15) is 220 Å². The van der Waals surface area contributed by atoms with Crippen LogP contribution in [0, 0.1) is 0 Å². The molecule has 86 heavy (non-hydrogen) atoms. The Kier molecular flexibility index (Phi) is 40.2. The molecule has 0 aromatic heterocycles. The number of hydrogen-bond acceptors (Lipinski definition) is 20. The molecular weight excluding hydrogens is 1120 g/mol. The Balaban J connectivity index is 1.63. The number of rotatable bonds is 48. The highest BCUT2D eigenvalue weighted by molar-refractivity contribution is 5.77. The summed E-state index contributed by atoms with van der Waals surface area (Å²) in [7, 11) is 0. The third kappa shape index (κ3) is 27.8. The lowest BCUT2D eigenvalue weighted by molar-refractivity contribution is -0.386. The number of aliphatic carboxylic acids is 1. The summed E-state index contributed by atoms with van der Waals surface area (Å²) in [6.07, 6.45) is 12.4. The van der Waals surface area contributed by atoms with Crippen molar-refractivity contribution in [1.82, 2.24) is 10.6 Å². The average molecular weight is 1240 g/mol. The summed E-state index contributed by atoms with van der Waals surface area (Å²) >= 11 is 0. The Labute approximate surface area is 511 Å². The van der Waals surface area contributed by atoms with Gasteiger partial charge in [-0.1, -0.05) is 179 Å². The molecule has 3 saturated heterocycles. The largest absolute Gasteiger partial charge is 0.477 e. The second-order valence-electron chi connectivity index (χ2n) is 24.0. The number of hydrogen-bond donors (Lipinski definition) is 14. The summed E-state index contributed by atoms with van der Waals surface area (Å²) in [5.41, 5.74) is 0. The van der Waals surface area contributed by atoms with Crippen molar-refractivity contribution in [2.75, 3.05) is 26.4 Å². The fourth-order valence-corrected chi connectivity index (χ4v) is 11.3. The van der Waals surface area contributed by atoms with E-state index in [2.05, 4.69) is 36.6 Å². The van der Waals surface area contributed by atoms with E-state index in [-0.39, 0.29) is 12.3 Å². The van der Waals surface area contributed by atoms with Crippen molar-refractivity contribution in [3.05, 3.63) is 24.3 Å². The molecule has 3 aliphatic rings. The Morgan fingerprint density at radius 1 is 0.605 bits per heavy atom. The number of amides is 2. The number of carbonyl (C=O) groups is 3. The van der Waals surface area contributed by atoms with E-state index >= 15 is 0 Å². The van der Waals surface area contributed by atoms with Gasteiger partial charge < -0.3 is 100 Å². The lowest BCUT2D eigenvalue weighted by atomic mass is 9.88. The Bertz CT molecular complexity index is 1850. The number of nitrogens with one attached hydrogen (secondary N) is 2. The van der Waals surface area contributed by atoms with Crippen molar-refractivity contribution in [2.24, 2.45) is 0 Å². The monoisotopic (exact) mass is 1230 g/mol. The van der Waals surface area contributed by atoms with Gasteiger partial charge in [-0.15, -0.1) is 0 Å². The maximum absolute atomic E-state index is 13.4. The molecule has 0 spiro atoms. The second kappa shape index (κ2) is 44.6. The molecule has 502 valence electrons. The first-order valence-electron chi connectivity index (χ1n) is 32.7. The van der Waals surface area contributed by atoms with Crippen molar-refractivity contribution in [3.8, 4) is 0 Å². The van der Waals surface area contributed by atoms with Crippen molar-refractivity contribution in [3.63, 3.8) is 0 Å². The van der Waals surface area contributed by atoms with E-state index in [0.717, 1.165) is 64.7 Å². The minimum Gasteiger partial charge on any atom is -0.477 e. The van der Waals surface area contributed by atoms with Crippen LogP contribution >= 0.6 is 0 Å². The van der Waals surface area contributed by atoms with Crippen LogP contribution in [-0.4, -0.2) is 215 Å². The van der Waals surface area contributed by atoms with E-state index in [1.165, 1.54) is 116 Å². The van der Waals surface area contributed by atoms with E-state index in [1.54, 1.807) is 6.08 Å². The molecule has 2 amide bonds. The van der Waals surface area contributed by atoms with Crippen LogP contribution in [0.15, 0.2) is 24.3 Å². The van der Waals surface area contributed by atoms with Crippen molar-refractivity contribution >= 4 is 17.8 Å². The van der Waals surface area contributed by atoms with E-state index < -0.39 is 155 Å². The molecule has 14 N–H and O–H groups in total. The van der Waals surface area contributed by atoms with Gasteiger partial charge in [-0.05, 0) is 44.9 Å². The topological polar surface area (TPSA) is 373 Å². The number of ether oxygens (including phenoxy) is 6. The first-order chi connectivity index (χ1) is 41.4. The molecule has 23 nitrogen and oxygen atoms in total. The Morgan fingerprint density at radius 2 is 1.09 bits per heavy atom. The van der Waals surface area contributed by atoms with Gasteiger partial charge in [0.2, 0.25) is 11.8 Å². The van der Waals surface area contributed by atoms with Crippen LogP contribution in [0.4, 0.5) is 0 Å². The number of carboxylic acids is 1. The van der Waals surface area contributed by atoms with Crippen molar-refractivity contribution in [1.29, 1.82) is 0 Å². The predicted octanol–water partition coefficient (Wildman–Crippen LogP) is 4.50. The highest BCUT2D eigenvalue weighted by Gasteiger charge is 2.60. The summed E-state index contributed by atoms with van der Waals surface area (Å²) < 4.78 is 34.7. The molecule has 0 bridgehead atoms. The van der Waals surface area contributed by atoms with Crippen LogP contribution in [0.25, 0.3) is 0 Å². The molecule has 0 saturated carbocycles. The van der Waals surface area contributed by atoms with Crippen LogP contribution in [0.3, 0.4) is 0 Å². The van der Waals surface area contributed by atoms with Gasteiger partial charge in [-0.25, -0.2) is 4.79 Å². The number of carboxylic acid groups (broad SMARTS) is 1. The average Bonchev–Trinajstić information content (AvgIpc) is 1.61. The summed E-state index contributed by atoms with van der Waals surface area (Å²) in [6.45, 7) is 2.08. The third-order valence-electron chi connectivity index (χ3n) is 16.6. The molecule has 0 radical (unpaired) electrons. The lowest BCUT2D eigenvalue weighted by Crippen LogP contribution is -2.70. The molecule has 18 atom stereocenters. The van der Waals surface area contributed by atoms with Crippen molar-refractivity contribution in [2.45, 2.75) is 330 Å². The first-order valence-corrected chi connectivity index (χ1v) is 32.7. The van der Waals surface area contributed by atoms with E-state index in [4.69, 9.17) is 28.4 Å². The molecule has 3 aliphatic heterocycles. The zero-order valence-corrected chi connectivity index (χ0v) is 51.9. The fraction of sp³-hybridized carbons (Fsp3) is 0.889. The van der Waals surface area contributed by atoms with Gasteiger partial charge in [0.25, 0.3) is 5.79 Å². The van der Waals surface area contributed by atoms with Gasteiger partial charge in [0, 0.05) is 19.8 Å². The zero-order chi connectivity index (χ0) is 63.3. The standard InChI is InChI=1S/C63H114N2O21/c1-4-6-8-10-12-14-16-18-19-20-21-22-23-24-25-26-28-30-32-34-36-45(70)44(65-50(73)37-35-33-31-29-27-17-15-13-11-9-7-5-2)42-81-60-55(77)54(76)57(49(41-68)83-60)84-61-56(78)59(53(75)48(40-67)82-61)86-63(62(79)80)38-46(71)51(64-43(3)69)58(85-63)52(74)47(72)39-66/h13,15,34,36,44-49,51-61,66-68,70-72,74-78H,4-12,14,16-33,35,37-42H2,1-3H3,(H,64,69)(H,65,73)(H,79,80)/b15-13-,36-34+. The number of unbranched alkanes of at least 4 members (excludes halogenated alkanes) is 26. The first kappa shape index (κ1) is 77.5. The van der Waals surface area contributed by atoms with Gasteiger partial charge in [0.1, 0.15) is 67.1 Å². The summed E-state index contributed by atoms with van der Waals surface area (Å²) in [5, 5.41) is 136. The molecule has 23 heteroatoms. The Morgan fingerprint density at radius 3 is 1.60 bits per heavy atom. The van der Waals surface area contributed by atoms with Gasteiger partial charge in [-0.3, -0.25) is 9.59 Å². The maximum Gasteiger partial charge on any atom is 0.364 e. The van der Waals surface area contributed by atoms with Gasteiger partial charge in [0.05, 0.1) is 50.7 Å². The molecule has 18 unspecified atom stereocenters. The predicted molar refractivity (Wildman–Crippen MR) is 320 cm³/mol. The van der Waals surface area contributed by atoms with Crippen LogP contribution in [-0.2, 0) is 42.8 Å². The van der Waals surface area contributed by atoms with Gasteiger partial charge in [0.15, 0.2) is 12.6 Å². The molecule has 0 aromatic carbocycles. The van der Waals surface area contributed by atoms with Gasteiger partial charge >= 0.3 is 5.97 Å². The molecule has 0 aromatic rings. The van der Waals surface area contributed by atoms with Crippen LogP contribution < -0.4 is 10.6 Å². The van der Waals surface area contributed by atoms with E-state index in [1.807, 2.05) is 6.08 Å². The van der Waals surface area contributed by atoms with Crippen LogP contribution in [0.5, 0.6) is 0 Å². The molecular formula is C63H114N2O21. The Hall–Kier alpha value is -2.79. The number of aliphatic hydroxyl groups excluding tert-OH is 11. The SMILES string of the molecule is CCCCC/C=C\CCCCCCCC(=O)NC(COC1OC(CO)C(OC2OC(CO)C(O)C(OC3(C(=O)O)CC(O)C(NC(C)=O)C(C(O)C(O)CO)O3)C2O)C(O)C1O)C(O)/C=C/CCCCCCCCCCCCCCCCCCCC. The lowest BCUT2D eigenvalue weighted by Gasteiger charge is -2.50. The van der Waals surface area contributed by atoms with E-state index in [9.17, 15) is 75.7 Å². The summed E-state index contributed by atoms with van der Waals surface area (Å²) in [4.78, 5) is 38.4. The van der Waals surface area contributed by atoms with E-state index in [0.29, 0.717) is 12.8 Å². The number of aliphatic hydroxyl groups is 11. The third-order valence-corrected chi connectivity index (χ3v) is 16.6. The summed E-state index contributed by atoms with van der Waals surface area (Å²) in [6, 6.07) is -2.62. The molecule has 3 heterocycles. The summed E-state index contributed by atoms with van der Waals surface area (Å²) in [5.74, 6) is -6.15. The molecule has 3 fully saturated rings. The second-order valence-corrected chi connectivity index (χ2v) is 24.0.